The van der Waals surface area contributed by atoms with Crippen molar-refractivity contribution >= 4 is 11.5 Å². The number of nitrogen functional groups attached to an aromatic ring is 1. The molecular weight excluding hydrogens is 236 g/mol. The second-order valence-electron chi connectivity index (χ2n) is 4.49. The number of pyridine rings is 1. The maximum atomic E-state index is 7.36. The molecule has 3 N–H and O–H groups in total. The Bertz CT molecular complexity index is 534. The zero-order valence-electron chi connectivity index (χ0n) is 11.0. The van der Waals surface area contributed by atoms with Gasteiger partial charge in [-0.2, -0.15) is 0 Å². The lowest BCUT2D eigenvalue weighted by atomic mass is 10.1. The van der Waals surface area contributed by atoms with Gasteiger partial charge in [0.2, 0.25) is 0 Å². The van der Waals surface area contributed by atoms with E-state index in [4.69, 9.17) is 11.1 Å². The van der Waals surface area contributed by atoms with Gasteiger partial charge in [0.25, 0.3) is 0 Å². The van der Waals surface area contributed by atoms with Crippen LogP contribution in [-0.2, 0) is 6.42 Å². The molecule has 19 heavy (non-hydrogen) atoms. The Morgan fingerprint density at radius 1 is 1.16 bits per heavy atom. The molecule has 0 aliphatic carbocycles. The highest BCUT2D eigenvalue weighted by Crippen LogP contribution is 2.14. The maximum absolute atomic E-state index is 7.36. The van der Waals surface area contributed by atoms with Crippen molar-refractivity contribution in [2.24, 2.45) is 5.73 Å². The Hall–Kier alpha value is -2.36. The van der Waals surface area contributed by atoms with Crippen molar-refractivity contribution in [3.63, 3.8) is 0 Å². The number of nitrogens with one attached hydrogen (secondary N) is 1. The van der Waals surface area contributed by atoms with Crippen molar-refractivity contribution in [2.75, 3.05) is 18.5 Å². The number of amidine groups is 1. The monoisotopic (exact) mass is 254 g/mol. The summed E-state index contributed by atoms with van der Waals surface area (Å²) in [6.07, 6.45) is 4.61. The zero-order valence-corrected chi connectivity index (χ0v) is 11.0. The van der Waals surface area contributed by atoms with E-state index in [9.17, 15) is 0 Å². The summed E-state index contributed by atoms with van der Waals surface area (Å²) in [4.78, 5) is 6.20. The van der Waals surface area contributed by atoms with Crippen molar-refractivity contribution in [2.45, 2.75) is 6.42 Å². The Balaban J connectivity index is 1.96. The van der Waals surface area contributed by atoms with Crippen molar-refractivity contribution in [1.82, 2.24) is 4.98 Å². The Morgan fingerprint density at radius 2 is 1.79 bits per heavy atom. The molecule has 1 aromatic carbocycles. The molecule has 1 aromatic heterocycles. The van der Waals surface area contributed by atoms with E-state index in [1.165, 1.54) is 5.56 Å². The summed E-state index contributed by atoms with van der Waals surface area (Å²) < 4.78 is 0. The van der Waals surface area contributed by atoms with Gasteiger partial charge in [0.15, 0.2) is 0 Å². The quantitative estimate of drug-likeness (QED) is 0.634. The van der Waals surface area contributed by atoms with Crippen LogP contribution in [0.4, 0.5) is 5.69 Å². The third kappa shape index (κ3) is 3.55. The van der Waals surface area contributed by atoms with Crippen LogP contribution in [0.2, 0.25) is 0 Å². The van der Waals surface area contributed by atoms with Gasteiger partial charge in [0.1, 0.15) is 5.84 Å². The molecule has 0 fully saturated rings. The topological polar surface area (TPSA) is 66.0 Å². The third-order valence-corrected chi connectivity index (χ3v) is 3.10. The Morgan fingerprint density at radius 3 is 2.37 bits per heavy atom. The van der Waals surface area contributed by atoms with Gasteiger partial charge in [-0.15, -0.1) is 0 Å². The number of likely N-dealkylation sites (N-methyl/N-ethyl adjacent to an activating group) is 1. The summed E-state index contributed by atoms with van der Waals surface area (Å²) in [6, 6.07) is 11.8. The van der Waals surface area contributed by atoms with Crippen LogP contribution in [0.1, 0.15) is 11.1 Å². The molecule has 98 valence electrons. The lowest BCUT2D eigenvalue weighted by Gasteiger charge is -2.19. The number of anilines is 1. The van der Waals surface area contributed by atoms with Crippen LogP contribution in [0.5, 0.6) is 0 Å². The molecule has 0 aliphatic rings. The first-order chi connectivity index (χ1) is 9.16. The molecule has 2 aromatic rings. The van der Waals surface area contributed by atoms with Gasteiger partial charge in [-0.05, 0) is 48.4 Å². The van der Waals surface area contributed by atoms with E-state index in [-0.39, 0.29) is 5.84 Å². The third-order valence-electron chi connectivity index (χ3n) is 3.10. The molecule has 2 rings (SSSR count). The number of nitrogens with zero attached hydrogens (tertiary/aromatic N) is 2. The largest absolute Gasteiger partial charge is 0.384 e. The van der Waals surface area contributed by atoms with E-state index in [1.54, 1.807) is 0 Å². The summed E-state index contributed by atoms with van der Waals surface area (Å²) >= 11 is 0. The van der Waals surface area contributed by atoms with Crippen LogP contribution in [0.25, 0.3) is 0 Å². The molecule has 0 saturated heterocycles. The van der Waals surface area contributed by atoms with Gasteiger partial charge in [0.05, 0.1) is 0 Å². The number of hydrogen-bond acceptors (Lipinski definition) is 3. The van der Waals surface area contributed by atoms with Crippen LogP contribution in [-0.4, -0.2) is 24.4 Å². The van der Waals surface area contributed by atoms with E-state index in [0.29, 0.717) is 0 Å². The number of aromatic nitrogens is 1. The van der Waals surface area contributed by atoms with Crippen molar-refractivity contribution in [3.8, 4) is 0 Å². The highest BCUT2D eigenvalue weighted by molar-refractivity contribution is 5.95. The summed E-state index contributed by atoms with van der Waals surface area (Å²) in [6.45, 7) is 0.934. The minimum absolute atomic E-state index is 0.103. The van der Waals surface area contributed by atoms with Crippen LogP contribution in [0, 0.1) is 5.41 Å². The average Bonchev–Trinajstić information content (AvgIpc) is 2.46. The van der Waals surface area contributed by atoms with E-state index in [2.05, 4.69) is 16.9 Å². The smallest absolute Gasteiger partial charge is 0.122 e. The van der Waals surface area contributed by atoms with E-state index in [1.807, 2.05) is 48.8 Å². The van der Waals surface area contributed by atoms with E-state index >= 15 is 0 Å². The second-order valence-corrected chi connectivity index (χ2v) is 4.49. The summed E-state index contributed by atoms with van der Waals surface area (Å²) in [7, 11) is 2.06. The summed E-state index contributed by atoms with van der Waals surface area (Å²) in [5, 5.41) is 7.36. The zero-order chi connectivity index (χ0) is 13.7. The van der Waals surface area contributed by atoms with Crippen molar-refractivity contribution < 1.29 is 0 Å². The van der Waals surface area contributed by atoms with Gasteiger partial charge in [-0.25, -0.2) is 0 Å². The molecule has 0 saturated carbocycles. The molecule has 0 unspecified atom stereocenters. The lowest BCUT2D eigenvalue weighted by Crippen LogP contribution is -2.20. The Kier molecular flexibility index (Phi) is 4.13. The predicted octanol–water partition coefficient (Wildman–Crippen LogP) is 2.04. The minimum atomic E-state index is 0.103. The fourth-order valence-electron chi connectivity index (χ4n) is 1.87. The van der Waals surface area contributed by atoms with Crippen LogP contribution in [0.15, 0.2) is 48.8 Å². The normalized spacial score (nSPS) is 10.2. The molecule has 4 heteroatoms. The number of hydrogen-bond donors (Lipinski definition) is 2. The fraction of sp³-hybridized carbons (Fsp3) is 0.200. The first-order valence-corrected chi connectivity index (χ1v) is 6.21. The number of nitrogens with two attached hydrogens (primary N) is 1. The molecule has 4 nitrogen and oxygen atoms in total. The SMILES string of the molecule is CN(CCc1ccncc1)c1ccc(C(=N)N)cc1. The van der Waals surface area contributed by atoms with Crippen LogP contribution >= 0.6 is 0 Å². The van der Waals surface area contributed by atoms with E-state index < -0.39 is 0 Å². The summed E-state index contributed by atoms with van der Waals surface area (Å²) in [5.74, 6) is 0.103. The number of rotatable bonds is 5. The Labute approximate surface area is 113 Å². The summed E-state index contributed by atoms with van der Waals surface area (Å²) in [5.41, 5.74) is 8.60. The lowest BCUT2D eigenvalue weighted by molar-refractivity contribution is 0.875. The molecule has 0 atom stereocenters. The molecule has 0 amide bonds. The van der Waals surface area contributed by atoms with Gasteiger partial charge in [-0.1, -0.05) is 0 Å². The van der Waals surface area contributed by atoms with Gasteiger partial charge < -0.3 is 10.6 Å². The average molecular weight is 254 g/mol. The molecular formula is C15H18N4. The molecule has 0 bridgehead atoms. The standard InChI is InChI=1S/C15H18N4/c1-19(11-8-12-6-9-18-10-7-12)14-4-2-13(3-5-14)15(16)17/h2-7,9-10H,8,11H2,1H3,(H3,16,17). The van der Waals surface area contributed by atoms with Gasteiger partial charge in [-0.3, -0.25) is 10.4 Å². The molecule has 0 spiro atoms. The first kappa shape index (κ1) is 13.1. The predicted molar refractivity (Wildman–Crippen MR) is 78.7 cm³/mol. The first-order valence-electron chi connectivity index (χ1n) is 6.21. The van der Waals surface area contributed by atoms with E-state index in [0.717, 1.165) is 24.2 Å². The van der Waals surface area contributed by atoms with Crippen LogP contribution in [0.3, 0.4) is 0 Å². The van der Waals surface area contributed by atoms with Crippen LogP contribution < -0.4 is 10.6 Å². The van der Waals surface area contributed by atoms with Crippen molar-refractivity contribution in [3.05, 3.63) is 59.9 Å². The maximum Gasteiger partial charge on any atom is 0.122 e. The molecule has 0 radical (unpaired) electrons. The van der Waals surface area contributed by atoms with Gasteiger partial charge in [0, 0.05) is 37.2 Å². The van der Waals surface area contributed by atoms with Gasteiger partial charge >= 0.3 is 0 Å². The molecule has 0 aliphatic heterocycles. The number of benzene rings is 1. The highest BCUT2D eigenvalue weighted by atomic mass is 15.1. The minimum Gasteiger partial charge on any atom is -0.384 e. The fourth-order valence-corrected chi connectivity index (χ4v) is 1.87. The molecule has 1 heterocycles. The van der Waals surface area contributed by atoms with Crippen molar-refractivity contribution in [1.29, 1.82) is 5.41 Å². The second kappa shape index (κ2) is 6.00. The highest BCUT2D eigenvalue weighted by Gasteiger charge is 2.02.